The smallest absolute Gasteiger partial charge is 0.160 e. The minimum Gasteiger partial charge on any atom is -0.228 e. The monoisotopic (exact) mass is 728 g/mol. The Kier molecular flexibility index (Phi) is 6.75. The van der Waals surface area contributed by atoms with Gasteiger partial charge in [-0.1, -0.05) is 164 Å². The lowest BCUT2D eigenvalue weighted by atomic mass is 9.73. The number of hydrogen-bond acceptors (Lipinski definition) is 3. The van der Waals surface area contributed by atoms with Crippen molar-refractivity contribution in [3.05, 3.63) is 216 Å². The summed E-state index contributed by atoms with van der Waals surface area (Å²) in [5.74, 6) is 0.710. The molecule has 0 bridgehead atoms. The van der Waals surface area contributed by atoms with Crippen LogP contribution in [0.4, 0.5) is 0 Å². The molecule has 3 heteroatoms. The normalized spacial score (nSPS) is 13.1. The molecular weight excluding hydrogens is 697 g/mol. The number of thiophene rings is 1. The van der Waals surface area contributed by atoms with Crippen LogP contribution in [0.1, 0.15) is 21.6 Å². The molecule has 0 aliphatic heterocycles. The molecule has 0 radical (unpaired) electrons. The quantitative estimate of drug-likeness (QED) is 0.180. The van der Waals surface area contributed by atoms with E-state index in [1.165, 1.54) is 70.2 Å². The topological polar surface area (TPSA) is 25.8 Å². The Bertz CT molecular complexity index is 3170. The van der Waals surface area contributed by atoms with Crippen LogP contribution in [-0.2, 0) is 5.41 Å². The largest absolute Gasteiger partial charge is 0.228 e. The first-order chi connectivity index (χ1) is 27.7. The van der Waals surface area contributed by atoms with E-state index in [0.29, 0.717) is 5.82 Å². The predicted octanol–water partition coefficient (Wildman–Crippen LogP) is 13.9. The lowest BCUT2D eigenvalue weighted by molar-refractivity contribution is 0.812. The van der Waals surface area contributed by atoms with Crippen LogP contribution in [0, 0.1) is 0 Å². The number of fused-ring (bicyclic) bond motifs is 13. The summed E-state index contributed by atoms with van der Waals surface area (Å²) in [5.41, 5.74) is 16.3. The molecule has 0 amide bonds. The van der Waals surface area contributed by atoms with Crippen molar-refractivity contribution in [3.63, 3.8) is 0 Å². The standard InChI is InChI=1S/C53H32N2S/c1-2-14-34(15-3-1)47-32-48(38-26-25-33-13-4-5-16-35(33)29-38)55-52(54-47)39-18-12-17-36(30-39)37-27-28-42-46(31-37)53(51-50(42)43-21-8-11-24-49(43)56-51)44-22-9-6-19-40(44)41-20-7-10-23-45(41)53/h1-32H. The third-order valence-electron chi connectivity index (χ3n) is 11.9. The molecule has 0 fully saturated rings. The third-order valence-corrected chi connectivity index (χ3v) is 13.2. The fraction of sp³-hybridized carbons (Fsp3) is 0.0189. The molecule has 2 nitrogen and oxygen atoms in total. The second-order valence-electron chi connectivity index (χ2n) is 14.9. The van der Waals surface area contributed by atoms with Crippen LogP contribution in [-0.4, -0.2) is 9.97 Å². The van der Waals surface area contributed by atoms with E-state index in [9.17, 15) is 0 Å². The highest BCUT2D eigenvalue weighted by atomic mass is 32.1. The molecular formula is C53H32N2S. The summed E-state index contributed by atoms with van der Waals surface area (Å²) in [7, 11) is 0. The maximum atomic E-state index is 5.25. The zero-order valence-corrected chi connectivity index (χ0v) is 31.1. The average Bonchev–Trinajstić information content (AvgIpc) is 3.90. The molecule has 2 aliphatic carbocycles. The first-order valence-electron chi connectivity index (χ1n) is 19.1. The van der Waals surface area contributed by atoms with E-state index in [1.807, 2.05) is 17.4 Å². The first kappa shape index (κ1) is 31.4. The maximum Gasteiger partial charge on any atom is 0.160 e. The third kappa shape index (κ3) is 4.49. The van der Waals surface area contributed by atoms with Gasteiger partial charge in [-0.25, -0.2) is 9.97 Å². The highest BCUT2D eigenvalue weighted by molar-refractivity contribution is 7.20. The fourth-order valence-electron chi connectivity index (χ4n) is 9.39. The number of nitrogens with zero attached hydrogens (tertiary/aromatic N) is 2. The summed E-state index contributed by atoms with van der Waals surface area (Å²) >= 11 is 1.95. The molecule has 0 saturated carbocycles. The van der Waals surface area contributed by atoms with Crippen molar-refractivity contribution in [2.75, 3.05) is 0 Å². The molecule has 2 heterocycles. The van der Waals surface area contributed by atoms with E-state index >= 15 is 0 Å². The Labute approximate surface area is 329 Å². The van der Waals surface area contributed by atoms with Gasteiger partial charge in [-0.2, -0.15) is 0 Å². The molecule has 8 aromatic carbocycles. The number of rotatable bonds is 4. The molecule has 12 rings (SSSR count). The highest BCUT2D eigenvalue weighted by Gasteiger charge is 2.53. The van der Waals surface area contributed by atoms with Crippen LogP contribution in [0.5, 0.6) is 0 Å². The molecule has 0 atom stereocenters. The molecule has 0 N–H and O–H groups in total. The maximum absolute atomic E-state index is 5.25. The van der Waals surface area contributed by atoms with E-state index in [0.717, 1.165) is 33.6 Å². The van der Waals surface area contributed by atoms with Crippen LogP contribution >= 0.6 is 11.3 Å². The average molecular weight is 729 g/mol. The van der Waals surface area contributed by atoms with Crippen molar-refractivity contribution >= 4 is 32.2 Å². The lowest BCUT2D eigenvalue weighted by Gasteiger charge is -2.29. The SMILES string of the molecule is c1ccc(-c2cc(-c3ccc4ccccc4c3)nc(-c3cccc(-c4ccc5c(c4)C4(c6ccccc6-c6ccccc64)c4sc6ccccc6c4-5)c3)n2)cc1. The molecule has 56 heavy (non-hydrogen) atoms. The van der Waals surface area contributed by atoms with E-state index in [1.54, 1.807) is 0 Å². The first-order valence-corrected chi connectivity index (χ1v) is 20.0. The van der Waals surface area contributed by atoms with Gasteiger partial charge in [0.25, 0.3) is 0 Å². The van der Waals surface area contributed by atoms with Crippen LogP contribution in [0.2, 0.25) is 0 Å². The number of benzene rings is 8. The van der Waals surface area contributed by atoms with Crippen molar-refractivity contribution in [1.29, 1.82) is 0 Å². The molecule has 1 spiro atoms. The summed E-state index contributed by atoms with van der Waals surface area (Å²) in [6, 6.07) is 70.5. The number of hydrogen-bond donors (Lipinski definition) is 0. The summed E-state index contributed by atoms with van der Waals surface area (Å²) in [5, 5.41) is 3.74. The molecule has 0 saturated heterocycles. The summed E-state index contributed by atoms with van der Waals surface area (Å²) in [6.07, 6.45) is 0. The second kappa shape index (κ2) is 12.0. The van der Waals surface area contributed by atoms with Crippen molar-refractivity contribution in [2.24, 2.45) is 0 Å². The van der Waals surface area contributed by atoms with Gasteiger partial charge in [0.2, 0.25) is 0 Å². The zero-order chi connectivity index (χ0) is 36.8. The Balaban J connectivity index is 1.05. The van der Waals surface area contributed by atoms with E-state index in [2.05, 4.69) is 188 Å². The molecule has 0 unspecified atom stereocenters. The van der Waals surface area contributed by atoms with Gasteiger partial charge in [0.05, 0.1) is 16.8 Å². The van der Waals surface area contributed by atoms with Gasteiger partial charge in [0, 0.05) is 37.2 Å². The molecule has 260 valence electrons. The van der Waals surface area contributed by atoms with Crippen LogP contribution in [0.3, 0.4) is 0 Å². The minimum absolute atomic E-state index is 0.392. The van der Waals surface area contributed by atoms with Crippen molar-refractivity contribution < 1.29 is 0 Å². The van der Waals surface area contributed by atoms with Crippen LogP contribution in [0.15, 0.2) is 194 Å². The summed E-state index contributed by atoms with van der Waals surface area (Å²) in [4.78, 5) is 11.9. The molecule has 10 aromatic rings. The Morgan fingerprint density at radius 1 is 0.375 bits per heavy atom. The van der Waals surface area contributed by atoms with Crippen LogP contribution < -0.4 is 0 Å². The lowest BCUT2D eigenvalue weighted by Crippen LogP contribution is -2.24. The van der Waals surface area contributed by atoms with Crippen molar-refractivity contribution in [1.82, 2.24) is 9.97 Å². The van der Waals surface area contributed by atoms with Gasteiger partial charge >= 0.3 is 0 Å². The highest BCUT2D eigenvalue weighted by Crippen LogP contribution is 2.66. The Morgan fingerprint density at radius 2 is 1.00 bits per heavy atom. The van der Waals surface area contributed by atoms with E-state index in [-0.39, 0.29) is 0 Å². The van der Waals surface area contributed by atoms with Crippen molar-refractivity contribution in [3.8, 4) is 67.3 Å². The second-order valence-corrected chi connectivity index (χ2v) is 15.9. The minimum atomic E-state index is -0.392. The van der Waals surface area contributed by atoms with E-state index < -0.39 is 5.41 Å². The Hall–Kier alpha value is -6.94. The van der Waals surface area contributed by atoms with Gasteiger partial charge < -0.3 is 0 Å². The van der Waals surface area contributed by atoms with Crippen LogP contribution in [0.25, 0.3) is 88.1 Å². The van der Waals surface area contributed by atoms with Gasteiger partial charge in [0.1, 0.15) is 0 Å². The van der Waals surface area contributed by atoms with Gasteiger partial charge in [-0.15, -0.1) is 11.3 Å². The Morgan fingerprint density at radius 3 is 1.82 bits per heavy atom. The summed E-state index contributed by atoms with van der Waals surface area (Å²) < 4.78 is 1.34. The van der Waals surface area contributed by atoms with Crippen molar-refractivity contribution in [2.45, 2.75) is 5.41 Å². The van der Waals surface area contributed by atoms with Gasteiger partial charge in [0.15, 0.2) is 5.82 Å². The fourth-order valence-corrected chi connectivity index (χ4v) is 10.8. The molecule has 2 aliphatic rings. The van der Waals surface area contributed by atoms with E-state index in [4.69, 9.17) is 9.97 Å². The molecule has 2 aromatic heterocycles. The number of aromatic nitrogens is 2. The summed E-state index contributed by atoms with van der Waals surface area (Å²) in [6.45, 7) is 0. The zero-order valence-electron chi connectivity index (χ0n) is 30.3. The van der Waals surface area contributed by atoms with Gasteiger partial charge in [-0.3, -0.25) is 0 Å². The predicted molar refractivity (Wildman–Crippen MR) is 233 cm³/mol. The van der Waals surface area contributed by atoms with Gasteiger partial charge in [-0.05, 0) is 85.6 Å².